The lowest BCUT2D eigenvalue weighted by molar-refractivity contribution is 0.284. The van der Waals surface area contributed by atoms with Crippen molar-refractivity contribution >= 4 is 23.3 Å². The van der Waals surface area contributed by atoms with Crippen LogP contribution in [0.2, 0.25) is 5.02 Å². The largest absolute Gasteiger partial charge is 0.493 e. The van der Waals surface area contributed by atoms with E-state index in [-0.39, 0.29) is 0 Å². The number of nitrogens with zero attached hydrogens (tertiary/aromatic N) is 1. The number of allylic oxidation sites excluding steroid dienone is 1. The third-order valence-corrected chi connectivity index (χ3v) is 4.33. The molecule has 3 rings (SSSR count). The Hall–Kier alpha value is -3.29. The molecule has 0 aliphatic heterocycles. The summed E-state index contributed by atoms with van der Waals surface area (Å²) >= 11 is 6.40. The van der Waals surface area contributed by atoms with Gasteiger partial charge in [-0.05, 0) is 47.0 Å². The number of ether oxygens (including phenoxy) is 2. The molecular formula is C23H17ClFNO2. The zero-order valence-corrected chi connectivity index (χ0v) is 15.9. The van der Waals surface area contributed by atoms with Crippen molar-refractivity contribution in [2.45, 2.75) is 6.61 Å². The van der Waals surface area contributed by atoms with Crippen LogP contribution in [0, 0.1) is 17.1 Å². The normalized spacial score (nSPS) is 11.0. The molecule has 0 fully saturated rings. The van der Waals surface area contributed by atoms with Crippen LogP contribution >= 0.6 is 11.6 Å². The van der Waals surface area contributed by atoms with E-state index in [1.165, 1.54) is 19.2 Å². The number of hydrogen-bond donors (Lipinski definition) is 0. The van der Waals surface area contributed by atoms with Gasteiger partial charge in [-0.25, -0.2) is 4.39 Å². The lowest BCUT2D eigenvalue weighted by Crippen LogP contribution is -1.99. The molecule has 0 unspecified atom stereocenters. The molecular weight excluding hydrogens is 377 g/mol. The summed E-state index contributed by atoms with van der Waals surface area (Å²) in [4.78, 5) is 0. The number of halogens is 2. The van der Waals surface area contributed by atoms with Gasteiger partial charge < -0.3 is 9.47 Å². The number of hydrogen-bond acceptors (Lipinski definition) is 3. The Morgan fingerprint density at radius 1 is 1.11 bits per heavy atom. The quantitative estimate of drug-likeness (QED) is 0.373. The van der Waals surface area contributed by atoms with Crippen molar-refractivity contribution in [1.82, 2.24) is 0 Å². The number of rotatable bonds is 6. The van der Waals surface area contributed by atoms with E-state index < -0.39 is 5.82 Å². The summed E-state index contributed by atoms with van der Waals surface area (Å²) in [6.45, 7) is 0.346. The molecule has 0 spiro atoms. The van der Waals surface area contributed by atoms with Crippen molar-refractivity contribution in [1.29, 1.82) is 5.26 Å². The molecule has 0 aliphatic carbocycles. The standard InChI is InChI=1S/C23H17ClFNO2/c1-27-22-12-17(10-19(14-26)18-8-5-9-20(25)13-18)11-21(24)23(22)28-15-16-6-3-2-4-7-16/h2-13H,15H2,1H3/b19-10+. The first-order chi connectivity index (χ1) is 13.6. The first-order valence-corrected chi connectivity index (χ1v) is 8.90. The molecule has 0 heterocycles. The fourth-order valence-corrected chi connectivity index (χ4v) is 2.97. The van der Waals surface area contributed by atoms with Crippen molar-refractivity contribution < 1.29 is 13.9 Å². The highest BCUT2D eigenvalue weighted by Gasteiger charge is 2.13. The summed E-state index contributed by atoms with van der Waals surface area (Å²) in [6, 6.07) is 21.1. The number of methoxy groups -OCH3 is 1. The zero-order chi connectivity index (χ0) is 19.9. The molecule has 0 saturated carbocycles. The van der Waals surface area contributed by atoms with Gasteiger partial charge in [-0.3, -0.25) is 0 Å². The fraction of sp³-hybridized carbons (Fsp3) is 0.0870. The molecule has 3 aromatic rings. The van der Waals surface area contributed by atoms with Gasteiger partial charge in [-0.2, -0.15) is 5.26 Å². The van der Waals surface area contributed by atoms with Crippen LogP contribution in [0.15, 0.2) is 66.7 Å². The minimum absolute atomic E-state index is 0.315. The molecule has 5 heteroatoms. The Kier molecular flexibility index (Phi) is 6.31. The fourth-order valence-electron chi connectivity index (χ4n) is 2.70. The van der Waals surface area contributed by atoms with Gasteiger partial charge in [0.1, 0.15) is 12.4 Å². The lowest BCUT2D eigenvalue weighted by Gasteiger charge is -2.13. The Morgan fingerprint density at radius 3 is 2.57 bits per heavy atom. The van der Waals surface area contributed by atoms with Crippen LogP contribution in [0.4, 0.5) is 4.39 Å². The van der Waals surface area contributed by atoms with Crippen LogP contribution in [0.5, 0.6) is 11.5 Å². The van der Waals surface area contributed by atoms with E-state index in [1.807, 2.05) is 30.3 Å². The summed E-state index contributed by atoms with van der Waals surface area (Å²) < 4.78 is 24.7. The van der Waals surface area contributed by atoms with E-state index in [2.05, 4.69) is 6.07 Å². The Labute approximate surface area is 168 Å². The molecule has 0 atom stereocenters. The highest BCUT2D eigenvalue weighted by atomic mass is 35.5. The second kappa shape index (κ2) is 9.07. The topological polar surface area (TPSA) is 42.2 Å². The van der Waals surface area contributed by atoms with E-state index in [0.717, 1.165) is 5.56 Å². The van der Waals surface area contributed by atoms with Crippen molar-refractivity contribution in [3.8, 4) is 17.6 Å². The Bertz CT molecular complexity index is 1040. The minimum atomic E-state index is -0.404. The smallest absolute Gasteiger partial charge is 0.180 e. The van der Waals surface area contributed by atoms with Crippen molar-refractivity contribution in [3.63, 3.8) is 0 Å². The summed E-state index contributed by atoms with van der Waals surface area (Å²) in [7, 11) is 1.52. The van der Waals surface area contributed by atoms with E-state index in [0.29, 0.717) is 39.8 Å². The van der Waals surface area contributed by atoms with Gasteiger partial charge in [0.2, 0.25) is 0 Å². The van der Waals surface area contributed by atoms with Gasteiger partial charge in [0.05, 0.1) is 23.8 Å². The second-order valence-electron chi connectivity index (χ2n) is 5.99. The summed E-state index contributed by atoms with van der Waals surface area (Å²) in [6.07, 6.45) is 1.63. The second-order valence-corrected chi connectivity index (χ2v) is 6.40. The molecule has 0 saturated heterocycles. The monoisotopic (exact) mass is 393 g/mol. The molecule has 28 heavy (non-hydrogen) atoms. The first-order valence-electron chi connectivity index (χ1n) is 8.52. The molecule has 3 aromatic carbocycles. The Morgan fingerprint density at radius 2 is 1.89 bits per heavy atom. The van der Waals surface area contributed by atoms with Crippen molar-refractivity contribution in [2.75, 3.05) is 7.11 Å². The number of nitriles is 1. The lowest BCUT2D eigenvalue weighted by atomic mass is 10.0. The zero-order valence-electron chi connectivity index (χ0n) is 15.2. The van der Waals surface area contributed by atoms with Crippen LogP contribution in [-0.2, 0) is 6.61 Å². The van der Waals surface area contributed by atoms with E-state index >= 15 is 0 Å². The van der Waals surface area contributed by atoms with Gasteiger partial charge in [0.25, 0.3) is 0 Å². The van der Waals surface area contributed by atoms with E-state index in [1.54, 1.807) is 30.3 Å². The van der Waals surface area contributed by atoms with Crippen LogP contribution in [-0.4, -0.2) is 7.11 Å². The molecule has 0 radical (unpaired) electrons. The Balaban J connectivity index is 1.91. The highest BCUT2D eigenvalue weighted by Crippen LogP contribution is 2.38. The van der Waals surface area contributed by atoms with Crippen LogP contribution < -0.4 is 9.47 Å². The van der Waals surface area contributed by atoms with Crippen molar-refractivity contribution in [2.24, 2.45) is 0 Å². The molecule has 0 amide bonds. The third-order valence-electron chi connectivity index (χ3n) is 4.04. The van der Waals surface area contributed by atoms with E-state index in [4.69, 9.17) is 21.1 Å². The predicted molar refractivity (Wildman–Crippen MR) is 109 cm³/mol. The predicted octanol–water partition coefficient (Wildman–Crippen LogP) is 6.13. The van der Waals surface area contributed by atoms with Gasteiger partial charge in [-0.15, -0.1) is 0 Å². The average Bonchev–Trinajstić information content (AvgIpc) is 2.71. The van der Waals surface area contributed by atoms with Crippen LogP contribution in [0.3, 0.4) is 0 Å². The van der Waals surface area contributed by atoms with Gasteiger partial charge in [0.15, 0.2) is 11.5 Å². The van der Waals surface area contributed by atoms with Crippen LogP contribution in [0.25, 0.3) is 11.6 Å². The average molecular weight is 394 g/mol. The molecule has 3 nitrogen and oxygen atoms in total. The molecule has 0 bridgehead atoms. The molecule has 140 valence electrons. The minimum Gasteiger partial charge on any atom is -0.493 e. The van der Waals surface area contributed by atoms with Gasteiger partial charge in [-0.1, -0.05) is 54.1 Å². The van der Waals surface area contributed by atoms with Gasteiger partial charge in [0, 0.05) is 0 Å². The van der Waals surface area contributed by atoms with Crippen molar-refractivity contribution in [3.05, 3.63) is 94.3 Å². The maximum absolute atomic E-state index is 13.5. The number of benzene rings is 3. The summed E-state index contributed by atoms with van der Waals surface area (Å²) in [5, 5.41) is 9.82. The third kappa shape index (κ3) is 4.70. The maximum Gasteiger partial charge on any atom is 0.180 e. The van der Waals surface area contributed by atoms with E-state index in [9.17, 15) is 9.65 Å². The SMILES string of the molecule is COc1cc(/C=C(\C#N)c2cccc(F)c2)cc(Cl)c1OCc1ccccc1. The maximum atomic E-state index is 13.5. The van der Waals surface area contributed by atoms with Crippen LogP contribution in [0.1, 0.15) is 16.7 Å². The molecule has 0 N–H and O–H groups in total. The molecule has 0 aliphatic rings. The summed E-state index contributed by atoms with van der Waals surface area (Å²) in [5.41, 5.74) is 2.45. The highest BCUT2D eigenvalue weighted by molar-refractivity contribution is 6.32. The summed E-state index contributed by atoms with van der Waals surface area (Å²) in [5.74, 6) is 0.472. The first kappa shape index (κ1) is 19.5. The van der Waals surface area contributed by atoms with Gasteiger partial charge >= 0.3 is 0 Å². The molecule has 0 aromatic heterocycles.